The first-order chi connectivity index (χ1) is 71.4. The van der Waals surface area contributed by atoms with E-state index in [2.05, 4.69) is 111 Å². The Balaban J connectivity index is 0.000000153. The maximum atomic E-state index is 11.7. The highest BCUT2D eigenvalue weighted by atomic mass is 16.6. The molecule has 0 radical (unpaired) electrons. The van der Waals surface area contributed by atoms with Gasteiger partial charge >= 0.3 is 42.7 Å². The summed E-state index contributed by atoms with van der Waals surface area (Å²) in [7, 11) is 0. The lowest BCUT2D eigenvalue weighted by atomic mass is 9.86. The smallest absolute Gasteiger partial charge is 0.408 e. The molecule has 778 valence electrons. The van der Waals surface area contributed by atoms with Crippen LogP contribution in [-0.4, -0.2) is 158 Å². The topological polar surface area (TPSA) is 397 Å². The highest BCUT2D eigenvalue weighted by Gasteiger charge is 2.36. The van der Waals surface area contributed by atoms with E-state index in [0.717, 1.165) is 120 Å². The number of benzene rings is 9. The van der Waals surface area contributed by atoms with Gasteiger partial charge in [-0.15, -0.1) is 0 Å². The van der Waals surface area contributed by atoms with Gasteiger partial charge in [-0.2, -0.15) is 0 Å². The number of ether oxygens (including phenoxy) is 8. The zero-order valence-corrected chi connectivity index (χ0v) is 84.3. The molecule has 7 N–H and O–H groups in total. The van der Waals surface area contributed by atoms with Crippen molar-refractivity contribution in [2.75, 3.05) is 33.0 Å². The summed E-state index contributed by atoms with van der Waals surface area (Å²) in [6, 6.07) is 76.2. The van der Waals surface area contributed by atoms with Crippen LogP contribution in [0.4, 0.5) is 33.6 Å². The van der Waals surface area contributed by atoms with Crippen molar-refractivity contribution in [1.29, 1.82) is 0 Å². The summed E-state index contributed by atoms with van der Waals surface area (Å²) in [5.74, 6) is 2.17. The van der Waals surface area contributed by atoms with Crippen LogP contribution in [0.1, 0.15) is 225 Å². The van der Waals surface area contributed by atoms with E-state index in [1.54, 1.807) is 0 Å². The first kappa shape index (κ1) is 111. The minimum absolute atomic E-state index is 0.0733. The van der Waals surface area contributed by atoms with Crippen LogP contribution in [0.15, 0.2) is 237 Å². The summed E-state index contributed by atoms with van der Waals surface area (Å²) in [4.78, 5) is 158. The largest absolute Gasteiger partial charge is 0.450 e. The highest BCUT2D eigenvalue weighted by Crippen LogP contribution is 2.32. The summed E-state index contributed by atoms with van der Waals surface area (Å²) >= 11 is 0. The fourth-order valence-corrected chi connectivity index (χ4v) is 17.2. The Labute approximate surface area is 860 Å². The van der Waals surface area contributed by atoms with Gasteiger partial charge in [0.05, 0.1) is 62.1 Å². The Hall–Kier alpha value is -14.5. The molecule has 9 saturated carbocycles. The predicted octanol–water partition coefficient (Wildman–Crippen LogP) is 21.6. The second-order valence-corrected chi connectivity index (χ2v) is 38.4. The zero-order valence-electron chi connectivity index (χ0n) is 84.3. The van der Waals surface area contributed by atoms with Crippen LogP contribution in [0, 0.1) is 25.7 Å². The predicted molar refractivity (Wildman–Crippen MR) is 557 cm³/mol. The Bertz CT molecular complexity index is 5580. The van der Waals surface area contributed by atoms with Crippen LogP contribution in [0.2, 0.25) is 0 Å². The fraction of sp³-hybridized carbons (Fsp3) is 0.424. The van der Waals surface area contributed by atoms with Crippen LogP contribution in [0.5, 0.6) is 0 Å². The second kappa shape index (κ2) is 60.4. The number of hydrogen-bond acceptors (Lipinski definition) is 22. The third-order valence-corrected chi connectivity index (χ3v) is 27.2. The van der Waals surface area contributed by atoms with Gasteiger partial charge in [0.1, 0.15) is 33.0 Å². The molecule has 18 rings (SSSR count). The van der Waals surface area contributed by atoms with E-state index < -0.39 is 42.7 Å². The van der Waals surface area contributed by atoms with Crippen LogP contribution in [-0.2, 0) is 104 Å². The minimum atomic E-state index is -0.537. The lowest BCUT2D eigenvalue weighted by Crippen LogP contribution is -2.47. The third kappa shape index (κ3) is 39.1. The quantitative estimate of drug-likeness (QED) is 0.0145. The van der Waals surface area contributed by atoms with Gasteiger partial charge in [0.25, 0.3) is 0 Å². The second-order valence-electron chi connectivity index (χ2n) is 38.4. The molecule has 7 atom stereocenters. The molecule has 0 heterocycles. The van der Waals surface area contributed by atoms with Crippen molar-refractivity contribution < 1.29 is 105 Å². The van der Waals surface area contributed by atoms with Gasteiger partial charge in [0.15, 0.2) is 40.5 Å². The maximum Gasteiger partial charge on any atom is 0.408 e. The molecule has 0 aliphatic heterocycles. The summed E-state index contributed by atoms with van der Waals surface area (Å²) in [5, 5.41) is 18.0. The number of nitrogens with one attached hydrogen (secondary N) is 7. The number of aryl methyl sites for hydroxylation is 3. The molecule has 9 fully saturated rings. The van der Waals surface area contributed by atoms with Crippen molar-refractivity contribution in [3.05, 3.63) is 276 Å². The molecule has 0 bridgehead atoms. The Kier molecular flexibility index (Phi) is 45.8. The average Bonchev–Trinajstić information content (AvgIpc) is 0.812. The highest BCUT2D eigenvalue weighted by molar-refractivity contribution is 5.96. The summed E-state index contributed by atoms with van der Waals surface area (Å²) in [6.45, 7) is 7.22. The van der Waals surface area contributed by atoms with Gasteiger partial charge in [-0.3, -0.25) is 33.6 Å². The third-order valence-electron chi connectivity index (χ3n) is 27.2. The molecule has 9 aromatic rings. The number of Topliss-reactive ketones (excluding diaryl/α,β-unsaturated/α-hetero) is 7. The van der Waals surface area contributed by atoms with Crippen molar-refractivity contribution in [1.82, 2.24) is 37.2 Å². The first-order valence-corrected chi connectivity index (χ1v) is 51.9. The minimum Gasteiger partial charge on any atom is -0.450 e. The molecule has 29 nitrogen and oxygen atoms in total. The van der Waals surface area contributed by atoms with Crippen LogP contribution in [0.3, 0.4) is 0 Å². The zero-order chi connectivity index (χ0) is 104. The number of carbonyl (C=O) groups excluding carboxylic acids is 14. The molecule has 0 saturated heterocycles. The van der Waals surface area contributed by atoms with Crippen LogP contribution >= 0.6 is 0 Å². The lowest BCUT2D eigenvalue weighted by Gasteiger charge is -2.24. The number of rotatable bonds is 34. The first-order valence-electron chi connectivity index (χ1n) is 51.9. The number of unbranched alkanes of at least 4 members (excludes halogenated alkanes) is 2. The SMILES string of the molecule is Cc1cc(COC(=O)N[C@H]2CCC2=O)ccc1-c1ccccc1.Cc1cccc(-c2ccc(COC(=O)N[C@H]3CCC3=O)cc2)c1.O=C(N[C@H]1CCC1=O)OCCCCC1CCCCC1.O=C(N[C@H]1CCC1=O)OCCCCc1ccccc1.O=C(N[C@H]1CCC1=O)OCCOCC1CCCCC1.O=C(N[C@H]1CCC1=O)OCc1ccc(-c2ccccc2)cc1.O=C(N[C@H]1CCC1=O)OCc1ccc(-c2ccccc2)cc1. The van der Waals surface area contributed by atoms with Crippen LogP contribution < -0.4 is 37.2 Å². The Morgan fingerprint density at radius 2 is 0.551 bits per heavy atom. The van der Waals surface area contributed by atoms with E-state index >= 15 is 0 Å². The molecule has 7 amide bonds. The summed E-state index contributed by atoms with van der Waals surface area (Å²) in [5.41, 5.74) is 16.5. The van der Waals surface area contributed by atoms with Crippen molar-refractivity contribution in [3.63, 3.8) is 0 Å². The molecule has 29 heteroatoms. The molecule has 147 heavy (non-hydrogen) atoms. The molecule has 0 aromatic heterocycles. The van der Waals surface area contributed by atoms with E-state index in [4.69, 9.17) is 37.9 Å². The van der Waals surface area contributed by atoms with E-state index in [1.165, 1.54) is 98.4 Å². The number of carbonyl (C=O) groups is 14. The van der Waals surface area contributed by atoms with E-state index in [0.29, 0.717) is 96.4 Å². The van der Waals surface area contributed by atoms with Gasteiger partial charge in [-0.1, -0.05) is 300 Å². The Morgan fingerprint density at radius 3 is 0.891 bits per heavy atom. The maximum absolute atomic E-state index is 11.7. The van der Waals surface area contributed by atoms with Crippen molar-refractivity contribution >= 4 is 83.1 Å². The monoisotopic (exact) mass is 2010 g/mol. The molecule has 0 unspecified atom stereocenters. The van der Waals surface area contributed by atoms with Crippen molar-refractivity contribution in [2.24, 2.45) is 11.8 Å². The fourth-order valence-electron chi connectivity index (χ4n) is 17.2. The number of amides is 7. The number of ketones is 7. The van der Waals surface area contributed by atoms with Gasteiger partial charge in [-0.25, -0.2) is 33.6 Å². The standard InChI is InChI=1S/2C19H19NO3.2C18H17NO3.C15H25NO3.C15H19NO3.C14H23NO4/c1-13-3-2-4-16(11-13)15-7-5-14(6-8-15)12-23-19(22)20-17-9-10-18(17)21;1-13-11-14(7-8-16(13)15-5-3-2-4-6-15)12-23-19(22)20-17-9-10-18(17)21;2*20-17-11-10-16(17)19-18(21)22-12-13-6-8-15(9-7-13)14-4-2-1-3-5-14;2*17-14-10-9-13(14)16-15(18)19-11-5-4-8-12-6-2-1-3-7-12;16-13-7-6-12(13)15-14(17)19-9-8-18-10-11-4-2-1-3-5-11/h2*2-8,11,17H,9-10,12H2,1H3,(H,20,22);2*1-9,16H,10-12H2,(H,19,21);12-13H,1-11H2,(H,16,18);1-3,6-7,13H,4-5,8-11H2,(H,16,18);11-12H,1-10H2,(H,15,17)/t2*17-;2*16-;2*13-;12-/m0000000/s1. The van der Waals surface area contributed by atoms with E-state index in [9.17, 15) is 67.1 Å². The van der Waals surface area contributed by atoms with Gasteiger partial charge in [0, 0.05) is 51.6 Å². The van der Waals surface area contributed by atoms with E-state index in [1.807, 2.05) is 177 Å². The average molecular weight is 2010 g/mol. The summed E-state index contributed by atoms with van der Waals surface area (Å²) in [6.07, 6.45) is 25.0. The van der Waals surface area contributed by atoms with Crippen LogP contribution in [0.25, 0.3) is 44.5 Å². The molecular formula is C118H139N7O22. The molecule has 0 spiro atoms. The van der Waals surface area contributed by atoms with E-state index in [-0.39, 0.29) is 116 Å². The number of alkyl carbamates (subject to hydrolysis) is 7. The molecule has 9 aromatic carbocycles. The van der Waals surface area contributed by atoms with Crippen molar-refractivity contribution in [2.45, 2.75) is 275 Å². The van der Waals surface area contributed by atoms with Crippen molar-refractivity contribution in [3.8, 4) is 44.5 Å². The molecule has 9 aliphatic rings. The number of hydrogen-bond donors (Lipinski definition) is 7. The Morgan fingerprint density at radius 1 is 0.252 bits per heavy atom. The van der Waals surface area contributed by atoms with Gasteiger partial charge in [0.2, 0.25) is 0 Å². The lowest BCUT2D eigenvalue weighted by molar-refractivity contribution is -0.127. The molecule has 9 aliphatic carbocycles. The van der Waals surface area contributed by atoms with Gasteiger partial charge in [-0.05, 0) is 193 Å². The molecular weight excluding hydrogens is 1870 g/mol. The summed E-state index contributed by atoms with van der Waals surface area (Å²) < 4.78 is 41.2. The normalized spacial score (nSPS) is 18.6. The van der Waals surface area contributed by atoms with Gasteiger partial charge < -0.3 is 75.1 Å².